The maximum Gasteiger partial charge on any atom is 0.203 e. The zero-order valence-electron chi connectivity index (χ0n) is 5.66. The van der Waals surface area contributed by atoms with Crippen LogP contribution >= 0.6 is 0 Å². The number of hydrogen-bond acceptors (Lipinski definition) is 1. The van der Waals surface area contributed by atoms with Crippen molar-refractivity contribution in [2.75, 3.05) is 0 Å². The van der Waals surface area contributed by atoms with E-state index < -0.39 is 23.2 Å². The Hall–Kier alpha value is -1.19. The van der Waals surface area contributed by atoms with Gasteiger partial charge in [-0.05, 0) is 18.6 Å². The lowest BCUT2D eigenvalue weighted by Crippen LogP contribution is -1.91. The molecule has 0 unspecified atom stereocenters. The molecule has 0 aromatic heterocycles. The van der Waals surface area contributed by atoms with Crippen LogP contribution in [0.25, 0.3) is 0 Å². The molecular formula is C7H5F3O. The van der Waals surface area contributed by atoms with Crippen molar-refractivity contribution in [1.82, 2.24) is 0 Å². The van der Waals surface area contributed by atoms with Crippen LogP contribution in [0, 0.1) is 24.4 Å². The zero-order chi connectivity index (χ0) is 8.59. The van der Waals surface area contributed by atoms with Gasteiger partial charge in [0.2, 0.25) is 5.82 Å². The molecule has 0 fully saturated rings. The van der Waals surface area contributed by atoms with E-state index >= 15 is 0 Å². The topological polar surface area (TPSA) is 20.2 Å². The summed E-state index contributed by atoms with van der Waals surface area (Å²) in [4.78, 5) is 0. The van der Waals surface area contributed by atoms with Gasteiger partial charge in [0.05, 0.1) is 0 Å². The van der Waals surface area contributed by atoms with Crippen molar-refractivity contribution in [1.29, 1.82) is 0 Å². The highest BCUT2D eigenvalue weighted by molar-refractivity contribution is 5.31. The monoisotopic (exact) mass is 162 g/mol. The Bertz CT molecular complexity index is 270. The minimum atomic E-state index is -1.55. The molecule has 0 atom stereocenters. The largest absolute Gasteiger partial charge is 0.503 e. The third-order valence-corrected chi connectivity index (χ3v) is 1.31. The fourth-order valence-electron chi connectivity index (χ4n) is 0.713. The van der Waals surface area contributed by atoms with Crippen molar-refractivity contribution in [2.24, 2.45) is 0 Å². The molecule has 4 heteroatoms. The van der Waals surface area contributed by atoms with Crippen molar-refractivity contribution in [3.63, 3.8) is 0 Å². The average Bonchev–Trinajstić information content (AvgIpc) is 1.97. The number of hydrogen-bond donors (Lipinski definition) is 1. The van der Waals surface area contributed by atoms with E-state index in [1.54, 1.807) is 0 Å². The van der Waals surface area contributed by atoms with Gasteiger partial charge in [0.15, 0.2) is 17.4 Å². The van der Waals surface area contributed by atoms with Crippen LogP contribution in [0.15, 0.2) is 6.07 Å². The molecule has 0 aliphatic heterocycles. The van der Waals surface area contributed by atoms with Crippen molar-refractivity contribution in [2.45, 2.75) is 6.92 Å². The Balaban J connectivity index is 3.46. The van der Waals surface area contributed by atoms with Crippen molar-refractivity contribution in [3.8, 4) is 5.75 Å². The van der Waals surface area contributed by atoms with Crippen LogP contribution in [0.4, 0.5) is 13.2 Å². The lowest BCUT2D eigenvalue weighted by Gasteiger charge is -2.00. The number of aromatic hydroxyl groups is 1. The quantitative estimate of drug-likeness (QED) is 0.579. The first-order chi connectivity index (χ1) is 5.04. The molecule has 0 amide bonds. The molecule has 1 aromatic rings. The summed E-state index contributed by atoms with van der Waals surface area (Å²) >= 11 is 0. The van der Waals surface area contributed by atoms with E-state index in [4.69, 9.17) is 5.11 Å². The molecule has 0 radical (unpaired) electrons. The maximum atomic E-state index is 12.5. The summed E-state index contributed by atoms with van der Waals surface area (Å²) in [7, 11) is 0. The van der Waals surface area contributed by atoms with Crippen molar-refractivity contribution >= 4 is 0 Å². The third-order valence-electron chi connectivity index (χ3n) is 1.31. The van der Waals surface area contributed by atoms with Crippen LogP contribution in [0.2, 0.25) is 0 Å². The molecule has 1 aromatic carbocycles. The lowest BCUT2D eigenvalue weighted by molar-refractivity contribution is 0.374. The van der Waals surface area contributed by atoms with Crippen LogP contribution in [0.1, 0.15) is 5.56 Å². The van der Waals surface area contributed by atoms with Gasteiger partial charge >= 0.3 is 0 Å². The molecule has 11 heavy (non-hydrogen) atoms. The predicted molar refractivity (Wildman–Crippen MR) is 32.7 cm³/mol. The van der Waals surface area contributed by atoms with Gasteiger partial charge in [-0.3, -0.25) is 0 Å². The van der Waals surface area contributed by atoms with Gasteiger partial charge in [-0.15, -0.1) is 0 Å². The van der Waals surface area contributed by atoms with E-state index in [2.05, 4.69) is 0 Å². The summed E-state index contributed by atoms with van der Waals surface area (Å²) < 4.78 is 37.1. The Kier molecular flexibility index (Phi) is 1.76. The number of phenolic OH excluding ortho intramolecular Hbond substituents is 1. The van der Waals surface area contributed by atoms with Crippen LogP contribution < -0.4 is 0 Å². The minimum absolute atomic E-state index is 0.124. The molecular weight excluding hydrogens is 157 g/mol. The van der Waals surface area contributed by atoms with Crippen LogP contribution in [-0.4, -0.2) is 5.11 Å². The van der Waals surface area contributed by atoms with E-state index in [0.29, 0.717) is 6.07 Å². The summed E-state index contributed by atoms with van der Waals surface area (Å²) in [5.74, 6) is -5.18. The molecule has 0 spiro atoms. The smallest absolute Gasteiger partial charge is 0.203 e. The van der Waals surface area contributed by atoms with Crippen LogP contribution in [-0.2, 0) is 0 Å². The van der Waals surface area contributed by atoms with Crippen molar-refractivity contribution in [3.05, 3.63) is 29.1 Å². The Morgan fingerprint density at radius 3 is 2.27 bits per heavy atom. The Morgan fingerprint density at radius 2 is 1.73 bits per heavy atom. The summed E-state index contributed by atoms with van der Waals surface area (Å²) in [6, 6.07) is 0.685. The van der Waals surface area contributed by atoms with Gasteiger partial charge in [-0.1, -0.05) is 0 Å². The van der Waals surface area contributed by atoms with E-state index in [1.165, 1.54) is 6.92 Å². The van der Waals surface area contributed by atoms with Crippen molar-refractivity contribution < 1.29 is 18.3 Å². The van der Waals surface area contributed by atoms with Gasteiger partial charge in [0.25, 0.3) is 0 Å². The molecule has 0 saturated carbocycles. The highest BCUT2D eigenvalue weighted by atomic mass is 19.2. The molecule has 60 valence electrons. The minimum Gasteiger partial charge on any atom is -0.503 e. The van der Waals surface area contributed by atoms with Crippen LogP contribution in [0.5, 0.6) is 5.75 Å². The fourth-order valence-corrected chi connectivity index (χ4v) is 0.713. The standard InChI is InChI=1S/C7H5F3O/c1-3-2-4(8)6(10)7(11)5(3)9/h2,11H,1H3. The van der Waals surface area contributed by atoms with Crippen LogP contribution in [0.3, 0.4) is 0 Å². The number of phenols is 1. The van der Waals surface area contributed by atoms with Gasteiger partial charge in [0, 0.05) is 0 Å². The second-order valence-corrected chi connectivity index (χ2v) is 2.15. The van der Waals surface area contributed by atoms with Gasteiger partial charge in [-0.2, -0.15) is 4.39 Å². The van der Waals surface area contributed by atoms with E-state index in [-0.39, 0.29) is 5.56 Å². The number of halogens is 3. The molecule has 0 saturated heterocycles. The van der Waals surface area contributed by atoms with Gasteiger partial charge < -0.3 is 5.11 Å². The number of rotatable bonds is 0. The average molecular weight is 162 g/mol. The summed E-state index contributed by atoms with van der Waals surface area (Å²) in [6.07, 6.45) is 0. The fraction of sp³-hybridized carbons (Fsp3) is 0.143. The van der Waals surface area contributed by atoms with Gasteiger partial charge in [0.1, 0.15) is 0 Å². The zero-order valence-corrected chi connectivity index (χ0v) is 5.66. The summed E-state index contributed by atoms with van der Waals surface area (Å²) in [6.45, 7) is 1.23. The number of aryl methyl sites for hydroxylation is 1. The molecule has 1 rings (SSSR count). The SMILES string of the molecule is Cc1cc(F)c(F)c(O)c1F. The maximum absolute atomic E-state index is 12.5. The van der Waals surface area contributed by atoms with E-state index in [1.807, 2.05) is 0 Å². The molecule has 1 nitrogen and oxygen atoms in total. The molecule has 1 N–H and O–H groups in total. The summed E-state index contributed by atoms with van der Waals surface area (Å²) in [5.41, 5.74) is -0.124. The number of benzene rings is 1. The van der Waals surface area contributed by atoms with Gasteiger partial charge in [-0.25, -0.2) is 8.78 Å². The second-order valence-electron chi connectivity index (χ2n) is 2.15. The first kappa shape index (κ1) is 7.91. The summed E-state index contributed by atoms with van der Waals surface area (Å²) in [5, 5.41) is 8.58. The molecule has 0 heterocycles. The molecule has 0 aliphatic carbocycles. The Labute approximate surface area is 61.1 Å². The Morgan fingerprint density at radius 1 is 1.18 bits per heavy atom. The van der Waals surface area contributed by atoms with E-state index in [9.17, 15) is 13.2 Å². The normalized spacial score (nSPS) is 10.2. The highest BCUT2D eigenvalue weighted by Crippen LogP contribution is 2.24. The molecule has 0 bridgehead atoms. The predicted octanol–water partition coefficient (Wildman–Crippen LogP) is 2.12. The third kappa shape index (κ3) is 1.15. The van der Waals surface area contributed by atoms with E-state index in [0.717, 1.165) is 0 Å². The first-order valence-corrected chi connectivity index (χ1v) is 2.87. The second kappa shape index (κ2) is 2.45. The lowest BCUT2D eigenvalue weighted by atomic mass is 10.2. The highest BCUT2D eigenvalue weighted by Gasteiger charge is 2.14. The molecule has 0 aliphatic rings. The first-order valence-electron chi connectivity index (χ1n) is 2.87.